The van der Waals surface area contributed by atoms with Crippen molar-refractivity contribution in [3.05, 3.63) is 35.4 Å². The Morgan fingerprint density at radius 1 is 1.22 bits per heavy atom. The van der Waals surface area contributed by atoms with Crippen molar-refractivity contribution >= 4 is 0 Å². The first-order valence-electron chi connectivity index (χ1n) is 5.80. The fourth-order valence-corrected chi connectivity index (χ4v) is 1.65. The summed E-state index contributed by atoms with van der Waals surface area (Å²) in [5, 5.41) is 3.08. The molecule has 2 nitrogen and oxygen atoms in total. The molecule has 1 unspecified atom stereocenters. The van der Waals surface area contributed by atoms with Gasteiger partial charge in [0.1, 0.15) is 6.61 Å². The van der Waals surface area contributed by atoms with E-state index in [2.05, 4.69) is 17.0 Å². The van der Waals surface area contributed by atoms with Crippen LogP contribution in [0, 0.1) is 0 Å². The lowest BCUT2D eigenvalue weighted by molar-refractivity contribution is -0.176. The summed E-state index contributed by atoms with van der Waals surface area (Å²) in [5.41, 5.74) is 1.91. The maximum absolute atomic E-state index is 11.9. The minimum absolute atomic E-state index is 0.0137. The van der Waals surface area contributed by atoms with E-state index < -0.39 is 12.8 Å². The van der Waals surface area contributed by atoms with Gasteiger partial charge in [-0.3, -0.25) is 0 Å². The quantitative estimate of drug-likeness (QED) is 0.849. The van der Waals surface area contributed by atoms with E-state index in [-0.39, 0.29) is 6.61 Å². The van der Waals surface area contributed by atoms with Crippen LogP contribution in [0.2, 0.25) is 0 Å². The predicted octanol–water partition coefficient (Wildman–Crippen LogP) is 3.09. The van der Waals surface area contributed by atoms with Gasteiger partial charge in [-0.25, -0.2) is 0 Å². The number of hydrogen-bond donors (Lipinski definition) is 1. The average molecular weight is 261 g/mol. The van der Waals surface area contributed by atoms with Crippen LogP contribution in [0.25, 0.3) is 0 Å². The Kier molecular flexibility index (Phi) is 5.62. The van der Waals surface area contributed by atoms with Gasteiger partial charge in [0.2, 0.25) is 0 Å². The molecule has 0 fully saturated rings. The minimum atomic E-state index is -4.26. The molecule has 0 radical (unpaired) electrons. The Bertz CT molecular complexity index is 348. The molecule has 0 bridgehead atoms. The second-order valence-electron chi connectivity index (χ2n) is 4.31. The van der Waals surface area contributed by atoms with Crippen LogP contribution in [-0.2, 0) is 11.3 Å². The maximum Gasteiger partial charge on any atom is 0.411 e. The van der Waals surface area contributed by atoms with Crippen molar-refractivity contribution in [2.45, 2.75) is 25.6 Å². The summed E-state index contributed by atoms with van der Waals surface area (Å²) in [5.74, 6) is 0.375. The number of nitrogens with one attached hydrogen (secondary N) is 1. The summed E-state index contributed by atoms with van der Waals surface area (Å²) in [6.45, 7) is 1.74. The number of benzene rings is 1. The first-order chi connectivity index (χ1) is 8.42. The van der Waals surface area contributed by atoms with Gasteiger partial charge < -0.3 is 10.1 Å². The van der Waals surface area contributed by atoms with Gasteiger partial charge in [0.25, 0.3) is 0 Å². The highest BCUT2D eigenvalue weighted by atomic mass is 19.4. The van der Waals surface area contributed by atoms with Crippen LogP contribution in [0.5, 0.6) is 0 Å². The first-order valence-corrected chi connectivity index (χ1v) is 5.80. The molecular weight excluding hydrogens is 243 g/mol. The Balaban J connectivity index is 2.45. The molecule has 102 valence electrons. The zero-order valence-electron chi connectivity index (χ0n) is 10.6. The van der Waals surface area contributed by atoms with Crippen LogP contribution in [0.3, 0.4) is 0 Å². The highest BCUT2D eigenvalue weighted by Crippen LogP contribution is 2.17. The molecule has 1 aromatic carbocycles. The van der Waals surface area contributed by atoms with Crippen molar-refractivity contribution in [3.8, 4) is 0 Å². The molecular formula is C13H18F3NO. The van der Waals surface area contributed by atoms with Crippen molar-refractivity contribution in [1.82, 2.24) is 5.32 Å². The van der Waals surface area contributed by atoms with Gasteiger partial charge in [-0.1, -0.05) is 31.2 Å². The van der Waals surface area contributed by atoms with E-state index in [0.717, 1.165) is 17.7 Å². The molecule has 1 aromatic rings. The van der Waals surface area contributed by atoms with E-state index in [1.54, 1.807) is 12.1 Å². The van der Waals surface area contributed by atoms with Crippen molar-refractivity contribution in [2.24, 2.45) is 0 Å². The van der Waals surface area contributed by atoms with Gasteiger partial charge >= 0.3 is 6.18 Å². The first kappa shape index (κ1) is 15.0. The summed E-state index contributed by atoms with van der Waals surface area (Å²) >= 11 is 0. The standard InChI is InChI=1S/C13H18F3NO/c1-10(7-17-2)12-5-3-11(4-6-12)8-18-9-13(14,15)16/h3-6,10,17H,7-9H2,1-2H3. The number of halogens is 3. The number of likely N-dealkylation sites (N-methyl/N-ethyl adjacent to an activating group) is 1. The largest absolute Gasteiger partial charge is 0.411 e. The van der Waals surface area contributed by atoms with Gasteiger partial charge in [-0.2, -0.15) is 13.2 Å². The summed E-state index contributed by atoms with van der Waals surface area (Å²) < 4.78 is 40.2. The van der Waals surface area contributed by atoms with Gasteiger partial charge in [-0.15, -0.1) is 0 Å². The van der Waals surface area contributed by atoms with Crippen molar-refractivity contribution < 1.29 is 17.9 Å². The van der Waals surface area contributed by atoms with Crippen LogP contribution in [0.4, 0.5) is 13.2 Å². The molecule has 0 saturated carbocycles. The van der Waals surface area contributed by atoms with E-state index >= 15 is 0 Å². The SMILES string of the molecule is CNCC(C)c1ccc(COCC(F)(F)F)cc1. The van der Waals surface area contributed by atoms with Gasteiger partial charge in [0, 0.05) is 6.54 Å². The molecule has 5 heteroatoms. The topological polar surface area (TPSA) is 21.3 Å². The lowest BCUT2D eigenvalue weighted by Crippen LogP contribution is -2.16. The molecule has 0 spiro atoms. The van der Waals surface area contributed by atoms with Crippen LogP contribution in [0.15, 0.2) is 24.3 Å². The molecule has 0 aliphatic rings. The van der Waals surface area contributed by atoms with Crippen LogP contribution in [0.1, 0.15) is 24.0 Å². The normalized spacial score (nSPS) is 13.6. The van der Waals surface area contributed by atoms with Gasteiger partial charge in [0.15, 0.2) is 0 Å². The summed E-state index contributed by atoms with van der Waals surface area (Å²) in [4.78, 5) is 0. The van der Waals surface area contributed by atoms with E-state index in [4.69, 9.17) is 0 Å². The molecule has 0 amide bonds. The average Bonchev–Trinajstić information content (AvgIpc) is 2.28. The zero-order valence-corrected chi connectivity index (χ0v) is 10.6. The summed E-state index contributed by atoms with van der Waals surface area (Å²) in [6, 6.07) is 7.46. The Morgan fingerprint density at radius 3 is 2.33 bits per heavy atom. The molecule has 1 N–H and O–H groups in total. The Hall–Kier alpha value is -1.07. The van der Waals surface area contributed by atoms with Gasteiger partial charge in [0.05, 0.1) is 6.61 Å². The van der Waals surface area contributed by atoms with Crippen LogP contribution >= 0.6 is 0 Å². The highest BCUT2D eigenvalue weighted by Gasteiger charge is 2.27. The molecule has 18 heavy (non-hydrogen) atoms. The maximum atomic E-state index is 11.9. The van der Waals surface area contributed by atoms with Crippen molar-refractivity contribution in [3.63, 3.8) is 0 Å². The van der Waals surface area contributed by atoms with Gasteiger partial charge in [-0.05, 0) is 24.1 Å². The molecule has 0 aromatic heterocycles. The minimum Gasteiger partial charge on any atom is -0.367 e. The number of rotatable bonds is 6. The number of hydrogen-bond acceptors (Lipinski definition) is 2. The van der Waals surface area contributed by atoms with Crippen molar-refractivity contribution in [2.75, 3.05) is 20.2 Å². The Labute approximate surface area is 105 Å². The van der Waals surface area contributed by atoms with Crippen LogP contribution < -0.4 is 5.32 Å². The predicted molar refractivity (Wildman–Crippen MR) is 64.5 cm³/mol. The van der Waals surface area contributed by atoms with Crippen molar-refractivity contribution in [1.29, 1.82) is 0 Å². The fraction of sp³-hybridized carbons (Fsp3) is 0.538. The number of ether oxygens (including phenoxy) is 1. The third-order valence-electron chi connectivity index (χ3n) is 2.59. The third kappa shape index (κ3) is 5.51. The molecule has 0 aliphatic heterocycles. The second kappa shape index (κ2) is 6.75. The molecule has 1 atom stereocenters. The van der Waals surface area contributed by atoms with E-state index in [9.17, 15) is 13.2 Å². The summed E-state index contributed by atoms with van der Waals surface area (Å²) in [6.07, 6.45) is -4.26. The Morgan fingerprint density at radius 2 is 1.83 bits per heavy atom. The summed E-state index contributed by atoms with van der Waals surface area (Å²) in [7, 11) is 1.88. The molecule has 0 aliphatic carbocycles. The lowest BCUT2D eigenvalue weighted by Gasteiger charge is -2.12. The lowest BCUT2D eigenvalue weighted by atomic mass is 10.00. The second-order valence-corrected chi connectivity index (χ2v) is 4.31. The highest BCUT2D eigenvalue weighted by molar-refractivity contribution is 5.24. The van der Waals surface area contributed by atoms with E-state index in [0.29, 0.717) is 5.92 Å². The zero-order chi connectivity index (χ0) is 13.6. The number of alkyl halides is 3. The van der Waals surface area contributed by atoms with E-state index in [1.165, 1.54) is 0 Å². The molecule has 0 heterocycles. The fourth-order valence-electron chi connectivity index (χ4n) is 1.65. The smallest absolute Gasteiger partial charge is 0.367 e. The monoisotopic (exact) mass is 261 g/mol. The van der Waals surface area contributed by atoms with Crippen LogP contribution in [-0.4, -0.2) is 26.4 Å². The third-order valence-corrected chi connectivity index (χ3v) is 2.59. The van der Waals surface area contributed by atoms with E-state index in [1.807, 2.05) is 19.2 Å². The molecule has 0 saturated heterocycles. The molecule has 1 rings (SSSR count).